The molecule has 24 heavy (non-hydrogen) atoms. The van der Waals surface area contributed by atoms with E-state index in [1.54, 1.807) is 18.0 Å². The molecule has 0 bridgehead atoms. The van der Waals surface area contributed by atoms with Gasteiger partial charge in [0.15, 0.2) is 0 Å². The lowest BCUT2D eigenvalue weighted by Crippen LogP contribution is -2.46. The van der Waals surface area contributed by atoms with E-state index in [1.165, 1.54) is 12.1 Å². The van der Waals surface area contributed by atoms with Gasteiger partial charge in [-0.05, 0) is 30.5 Å². The summed E-state index contributed by atoms with van der Waals surface area (Å²) in [6.45, 7) is 7.40. The largest absolute Gasteiger partial charge is 0.342 e. The van der Waals surface area contributed by atoms with E-state index in [9.17, 15) is 14.0 Å². The maximum Gasteiger partial charge on any atom is 0.227 e. The van der Waals surface area contributed by atoms with Crippen molar-refractivity contribution in [1.82, 2.24) is 9.80 Å². The molecule has 0 atom stereocenters. The average molecular weight is 334 g/mol. The molecule has 4 nitrogen and oxygen atoms in total. The summed E-state index contributed by atoms with van der Waals surface area (Å²) in [6.07, 6.45) is 1.38. The molecule has 1 saturated heterocycles. The van der Waals surface area contributed by atoms with E-state index < -0.39 is 0 Å². The van der Waals surface area contributed by atoms with Crippen LogP contribution in [0.2, 0.25) is 0 Å². The van der Waals surface area contributed by atoms with E-state index in [1.807, 2.05) is 31.7 Å². The maximum atomic E-state index is 13.2. The monoisotopic (exact) mass is 334 g/mol. The van der Waals surface area contributed by atoms with Gasteiger partial charge in [0.1, 0.15) is 5.82 Å². The number of nitrogens with zero attached hydrogens (tertiary/aromatic N) is 2. The van der Waals surface area contributed by atoms with Crippen molar-refractivity contribution in [3.8, 4) is 0 Å². The Balaban J connectivity index is 1.89. The fraction of sp³-hybridized carbons (Fsp3) is 0.579. The SMILES string of the molecule is CN(Cc1cccc(F)c1)C(=O)C1CCN(C(=O)C(C)(C)C)CC1. The molecule has 0 unspecified atom stereocenters. The number of carbonyl (C=O) groups excluding carboxylic acids is 2. The Kier molecular flexibility index (Phi) is 5.62. The maximum absolute atomic E-state index is 13.2. The van der Waals surface area contributed by atoms with Gasteiger partial charge in [0.05, 0.1) is 0 Å². The summed E-state index contributed by atoms with van der Waals surface area (Å²) in [5, 5.41) is 0. The van der Waals surface area contributed by atoms with Crippen LogP contribution in [0.3, 0.4) is 0 Å². The number of hydrogen-bond acceptors (Lipinski definition) is 2. The minimum atomic E-state index is -0.384. The summed E-state index contributed by atoms with van der Waals surface area (Å²) in [5.41, 5.74) is 0.400. The Bertz CT molecular complexity index is 602. The van der Waals surface area contributed by atoms with Crippen LogP contribution in [0, 0.1) is 17.2 Å². The van der Waals surface area contributed by atoms with Crippen molar-refractivity contribution < 1.29 is 14.0 Å². The van der Waals surface area contributed by atoms with Crippen LogP contribution in [0.1, 0.15) is 39.2 Å². The third kappa shape index (κ3) is 4.56. The Hall–Kier alpha value is -1.91. The molecule has 0 radical (unpaired) electrons. The first-order valence-electron chi connectivity index (χ1n) is 8.47. The number of halogens is 1. The van der Waals surface area contributed by atoms with Gasteiger partial charge in [-0.15, -0.1) is 0 Å². The Labute approximate surface area is 143 Å². The van der Waals surface area contributed by atoms with E-state index >= 15 is 0 Å². The molecule has 1 aromatic rings. The highest BCUT2D eigenvalue weighted by molar-refractivity contribution is 5.82. The number of carbonyl (C=O) groups is 2. The fourth-order valence-electron chi connectivity index (χ4n) is 3.10. The molecule has 132 valence electrons. The molecule has 1 aliphatic heterocycles. The highest BCUT2D eigenvalue weighted by Crippen LogP contribution is 2.25. The fourth-order valence-corrected chi connectivity index (χ4v) is 3.10. The van der Waals surface area contributed by atoms with Crippen molar-refractivity contribution >= 4 is 11.8 Å². The first kappa shape index (κ1) is 18.4. The van der Waals surface area contributed by atoms with Crippen molar-refractivity contribution in [1.29, 1.82) is 0 Å². The summed E-state index contributed by atoms with van der Waals surface area (Å²) >= 11 is 0. The summed E-state index contributed by atoms with van der Waals surface area (Å²) < 4.78 is 13.2. The zero-order chi connectivity index (χ0) is 17.9. The van der Waals surface area contributed by atoms with E-state index in [-0.39, 0.29) is 29.0 Å². The zero-order valence-electron chi connectivity index (χ0n) is 15.0. The number of amides is 2. The van der Waals surface area contributed by atoms with E-state index in [0.29, 0.717) is 32.5 Å². The third-order valence-corrected chi connectivity index (χ3v) is 4.46. The quantitative estimate of drug-likeness (QED) is 0.852. The lowest BCUT2D eigenvalue weighted by atomic mass is 9.90. The lowest BCUT2D eigenvalue weighted by molar-refractivity contribution is -0.144. The van der Waals surface area contributed by atoms with Crippen molar-refractivity contribution in [3.63, 3.8) is 0 Å². The second kappa shape index (κ2) is 7.32. The van der Waals surface area contributed by atoms with E-state index in [0.717, 1.165) is 5.56 Å². The van der Waals surface area contributed by atoms with Crippen LogP contribution in [0.5, 0.6) is 0 Å². The van der Waals surface area contributed by atoms with E-state index in [2.05, 4.69) is 0 Å². The molecular formula is C19H27FN2O2. The van der Waals surface area contributed by atoms with Gasteiger partial charge in [0.25, 0.3) is 0 Å². The van der Waals surface area contributed by atoms with Gasteiger partial charge in [-0.25, -0.2) is 4.39 Å². The predicted octanol–water partition coefficient (Wildman–Crippen LogP) is 3.07. The van der Waals surface area contributed by atoms with Crippen LogP contribution in [0.15, 0.2) is 24.3 Å². The molecule has 2 rings (SSSR count). The number of hydrogen-bond donors (Lipinski definition) is 0. The van der Waals surface area contributed by atoms with Crippen molar-refractivity contribution in [2.75, 3.05) is 20.1 Å². The summed E-state index contributed by atoms with van der Waals surface area (Å²) in [6, 6.07) is 6.32. The average Bonchev–Trinajstić information content (AvgIpc) is 2.52. The molecule has 1 aromatic carbocycles. The Morgan fingerprint density at radius 2 is 1.88 bits per heavy atom. The molecule has 1 fully saturated rings. The minimum absolute atomic E-state index is 0.0624. The Morgan fingerprint density at radius 1 is 1.25 bits per heavy atom. The topological polar surface area (TPSA) is 40.6 Å². The van der Waals surface area contributed by atoms with Gasteiger partial charge in [-0.1, -0.05) is 32.9 Å². The van der Waals surface area contributed by atoms with Crippen LogP contribution in [0.4, 0.5) is 4.39 Å². The van der Waals surface area contributed by atoms with Gasteiger partial charge in [0.2, 0.25) is 11.8 Å². The standard InChI is InChI=1S/C19H27FN2O2/c1-19(2,3)18(24)22-10-8-15(9-11-22)17(23)21(4)13-14-6-5-7-16(20)12-14/h5-7,12,15H,8-11,13H2,1-4H3. The molecule has 2 amide bonds. The minimum Gasteiger partial charge on any atom is -0.342 e. The molecule has 0 aliphatic carbocycles. The van der Waals surface area contributed by atoms with Crippen LogP contribution >= 0.6 is 0 Å². The molecule has 0 aromatic heterocycles. The van der Waals surface area contributed by atoms with Crippen molar-refractivity contribution in [2.45, 2.75) is 40.2 Å². The molecule has 0 saturated carbocycles. The summed E-state index contributed by atoms with van der Waals surface area (Å²) in [7, 11) is 1.75. The van der Waals surface area contributed by atoms with Crippen LogP contribution in [-0.2, 0) is 16.1 Å². The third-order valence-electron chi connectivity index (χ3n) is 4.46. The molecule has 1 heterocycles. The first-order chi connectivity index (χ1) is 11.2. The second-order valence-corrected chi connectivity index (χ2v) is 7.64. The molecule has 0 spiro atoms. The van der Waals surface area contributed by atoms with Crippen LogP contribution in [-0.4, -0.2) is 41.8 Å². The second-order valence-electron chi connectivity index (χ2n) is 7.64. The van der Waals surface area contributed by atoms with Gasteiger partial charge < -0.3 is 9.80 Å². The predicted molar refractivity (Wildman–Crippen MR) is 91.6 cm³/mol. The Morgan fingerprint density at radius 3 is 2.42 bits per heavy atom. The van der Waals surface area contributed by atoms with Crippen LogP contribution in [0.25, 0.3) is 0 Å². The zero-order valence-corrected chi connectivity index (χ0v) is 15.0. The van der Waals surface area contributed by atoms with Gasteiger partial charge in [-0.2, -0.15) is 0 Å². The normalized spacial score (nSPS) is 16.1. The van der Waals surface area contributed by atoms with Crippen molar-refractivity contribution in [3.05, 3.63) is 35.6 Å². The molecule has 1 aliphatic rings. The van der Waals surface area contributed by atoms with E-state index in [4.69, 9.17) is 0 Å². The molecular weight excluding hydrogens is 307 g/mol. The number of rotatable bonds is 3. The van der Waals surface area contributed by atoms with Gasteiger partial charge in [0, 0.05) is 38.0 Å². The first-order valence-corrected chi connectivity index (χ1v) is 8.47. The van der Waals surface area contributed by atoms with Gasteiger partial charge >= 0.3 is 0 Å². The van der Waals surface area contributed by atoms with Crippen LogP contribution < -0.4 is 0 Å². The number of piperidine rings is 1. The lowest BCUT2D eigenvalue weighted by Gasteiger charge is -2.36. The van der Waals surface area contributed by atoms with Crippen molar-refractivity contribution in [2.24, 2.45) is 11.3 Å². The highest BCUT2D eigenvalue weighted by atomic mass is 19.1. The molecule has 0 N–H and O–H groups in total. The summed E-state index contributed by atoms with van der Waals surface area (Å²) in [5.74, 6) is -0.140. The smallest absolute Gasteiger partial charge is 0.227 e. The molecule has 5 heteroatoms. The number of likely N-dealkylation sites (tertiary alicyclic amines) is 1. The number of benzene rings is 1. The van der Waals surface area contributed by atoms with Gasteiger partial charge in [-0.3, -0.25) is 9.59 Å². The highest BCUT2D eigenvalue weighted by Gasteiger charge is 2.33. The summed E-state index contributed by atoms with van der Waals surface area (Å²) in [4.78, 5) is 28.4.